The van der Waals surface area contributed by atoms with Crippen LogP contribution in [-0.4, -0.2) is 8.42 Å². The van der Waals surface area contributed by atoms with Crippen molar-refractivity contribution in [2.75, 3.05) is 0 Å². The minimum Gasteiger partial charge on any atom is -0.207 e. The lowest BCUT2D eigenvalue weighted by Crippen LogP contribution is -2.30. The van der Waals surface area contributed by atoms with Crippen molar-refractivity contribution >= 4 is 10.0 Å². The first-order valence-corrected chi connectivity index (χ1v) is 8.66. The van der Waals surface area contributed by atoms with E-state index in [0.717, 1.165) is 18.4 Å². The summed E-state index contributed by atoms with van der Waals surface area (Å²) < 4.78 is 27.9. The molecule has 22 heavy (non-hydrogen) atoms. The van der Waals surface area contributed by atoms with E-state index in [1.165, 1.54) is 24.3 Å². The third kappa shape index (κ3) is 3.19. The van der Waals surface area contributed by atoms with Gasteiger partial charge in [-0.3, -0.25) is 0 Å². The maximum Gasteiger partial charge on any atom is 0.241 e. The molecule has 5 heteroatoms. The highest BCUT2D eigenvalue weighted by Crippen LogP contribution is 2.41. The van der Waals surface area contributed by atoms with Gasteiger partial charge in [0.2, 0.25) is 10.0 Å². The number of benzene rings is 2. The Kier molecular flexibility index (Phi) is 3.97. The molecule has 112 valence electrons. The standard InChI is InChI=1S/C17H16N2O2S/c18-12-13-6-10-16(11-7-13)22(20,21)19-17(15-8-9-15)14-4-2-1-3-5-14/h1-7,10-11,15,17,19H,8-9H2/t17-/m1/s1. The zero-order valence-corrected chi connectivity index (χ0v) is 12.8. The highest BCUT2D eigenvalue weighted by atomic mass is 32.2. The molecule has 0 heterocycles. The summed E-state index contributed by atoms with van der Waals surface area (Å²) in [6.07, 6.45) is 2.07. The first kappa shape index (κ1) is 14.8. The van der Waals surface area contributed by atoms with Crippen LogP contribution in [0.1, 0.15) is 30.0 Å². The van der Waals surface area contributed by atoms with Gasteiger partial charge in [-0.25, -0.2) is 13.1 Å². The molecule has 0 amide bonds. The predicted octanol–water partition coefficient (Wildman–Crippen LogP) is 2.99. The first-order chi connectivity index (χ1) is 10.6. The molecule has 1 atom stereocenters. The number of hydrogen-bond acceptors (Lipinski definition) is 3. The minimum atomic E-state index is -3.60. The number of nitrogens with one attached hydrogen (secondary N) is 1. The Labute approximate surface area is 130 Å². The van der Waals surface area contributed by atoms with Crippen molar-refractivity contribution in [2.24, 2.45) is 5.92 Å². The maximum atomic E-state index is 12.6. The molecule has 0 bridgehead atoms. The van der Waals surface area contributed by atoms with Crippen LogP contribution in [0.5, 0.6) is 0 Å². The molecule has 1 N–H and O–H groups in total. The van der Waals surface area contributed by atoms with Crippen molar-refractivity contribution in [1.29, 1.82) is 5.26 Å². The maximum absolute atomic E-state index is 12.6. The van der Waals surface area contributed by atoms with Crippen molar-refractivity contribution in [2.45, 2.75) is 23.8 Å². The highest BCUT2D eigenvalue weighted by Gasteiger charge is 2.35. The third-order valence-corrected chi connectivity index (χ3v) is 5.28. The van der Waals surface area contributed by atoms with Gasteiger partial charge in [0, 0.05) is 6.04 Å². The van der Waals surface area contributed by atoms with Gasteiger partial charge in [0.25, 0.3) is 0 Å². The van der Waals surface area contributed by atoms with E-state index in [1.807, 2.05) is 36.4 Å². The van der Waals surface area contributed by atoms with Crippen LogP contribution in [0.25, 0.3) is 0 Å². The molecule has 2 aromatic carbocycles. The van der Waals surface area contributed by atoms with Crippen LogP contribution in [0.2, 0.25) is 0 Å². The normalized spacial score (nSPS) is 16.0. The molecular weight excluding hydrogens is 296 g/mol. The van der Waals surface area contributed by atoms with Crippen LogP contribution >= 0.6 is 0 Å². The minimum absolute atomic E-state index is 0.188. The second-order valence-electron chi connectivity index (χ2n) is 5.48. The van der Waals surface area contributed by atoms with Crippen molar-refractivity contribution in [3.63, 3.8) is 0 Å². The molecule has 0 aromatic heterocycles. The average Bonchev–Trinajstić information content (AvgIpc) is 3.38. The van der Waals surface area contributed by atoms with E-state index in [9.17, 15) is 8.42 Å². The molecule has 4 nitrogen and oxygen atoms in total. The summed E-state index contributed by atoms with van der Waals surface area (Å²) in [4.78, 5) is 0.188. The van der Waals surface area contributed by atoms with Gasteiger partial charge in [0.05, 0.1) is 16.5 Å². The molecule has 2 aromatic rings. The van der Waals surface area contributed by atoms with Gasteiger partial charge < -0.3 is 0 Å². The molecule has 0 spiro atoms. The van der Waals surface area contributed by atoms with Crippen LogP contribution in [0, 0.1) is 17.2 Å². The van der Waals surface area contributed by atoms with Crippen molar-refractivity contribution in [3.05, 3.63) is 65.7 Å². The highest BCUT2D eigenvalue weighted by molar-refractivity contribution is 7.89. The second kappa shape index (κ2) is 5.91. The second-order valence-corrected chi connectivity index (χ2v) is 7.20. The fraction of sp³-hybridized carbons (Fsp3) is 0.235. The smallest absolute Gasteiger partial charge is 0.207 e. The molecule has 0 radical (unpaired) electrons. The summed E-state index contributed by atoms with van der Waals surface area (Å²) in [5.74, 6) is 0.357. The summed E-state index contributed by atoms with van der Waals surface area (Å²) in [5, 5.41) is 8.79. The van der Waals surface area contributed by atoms with Crippen LogP contribution in [-0.2, 0) is 10.0 Å². The quantitative estimate of drug-likeness (QED) is 0.922. The first-order valence-electron chi connectivity index (χ1n) is 7.17. The summed E-state index contributed by atoms with van der Waals surface area (Å²) in [6.45, 7) is 0. The van der Waals surface area contributed by atoms with E-state index in [2.05, 4.69) is 4.72 Å². The van der Waals surface area contributed by atoms with E-state index in [-0.39, 0.29) is 10.9 Å². The van der Waals surface area contributed by atoms with Crippen molar-refractivity contribution in [1.82, 2.24) is 4.72 Å². The number of hydrogen-bond donors (Lipinski definition) is 1. The van der Waals surface area contributed by atoms with Crippen LogP contribution in [0.4, 0.5) is 0 Å². The molecule has 1 saturated carbocycles. The van der Waals surface area contributed by atoms with Crippen LogP contribution in [0.15, 0.2) is 59.5 Å². The number of rotatable bonds is 5. The molecule has 0 unspecified atom stereocenters. The Hall–Kier alpha value is -2.16. The summed E-state index contributed by atoms with van der Waals surface area (Å²) in [6, 6.07) is 17.4. The largest absolute Gasteiger partial charge is 0.241 e. The summed E-state index contributed by atoms with van der Waals surface area (Å²) >= 11 is 0. The van der Waals surface area contributed by atoms with Crippen molar-refractivity contribution in [3.8, 4) is 6.07 Å². The summed E-state index contributed by atoms with van der Waals surface area (Å²) in [5.41, 5.74) is 1.43. The Balaban J connectivity index is 1.87. The lowest BCUT2D eigenvalue weighted by molar-refractivity contribution is 0.529. The fourth-order valence-corrected chi connectivity index (χ4v) is 3.76. The Morgan fingerprint density at radius 3 is 2.23 bits per heavy atom. The monoisotopic (exact) mass is 312 g/mol. The SMILES string of the molecule is N#Cc1ccc(S(=O)(=O)N[C@H](c2ccccc2)C2CC2)cc1. The third-order valence-electron chi connectivity index (χ3n) is 3.83. The van der Waals surface area contributed by atoms with Crippen LogP contribution in [0.3, 0.4) is 0 Å². The zero-order valence-electron chi connectivity index (χ0n) is 11.9. The van der Waals surface area contributed by atoms with Gasteiger partial charge in [-0.1, -0.05) is 30.3 Å². The van der Waals surface area contributed by atoms with E-state index in [4.69, 9.17) is 5.26 Å². The zero-order chi connectivity index (χ0) is 15.6. The van der Waals surface area contributed by atoms with Gasteiger partial charge in [-0.15, -0.1) is 0 Å². The van der Waals surface area contributed by atoms with E-state index < -0.39 is 10.0 Å². The van der Waals surface area contributed by atoms with E-state index in [0.29, 0.717) is 11.5 Å². The predicted molar refractivity (Wildman–Crippen MR) is 83.4 cm³/mol. The Bertz CT molecular complexity index is 789. The topological polar surface area (TPSA) is 70.0 Å². The molecule has 1 fully saturated rings. The van der Waals surface area contributed by atoms with Gasteiger partial charge >= 0.3 is 0 Å². The van der Waals surface area contributed by atoms with E-state index in [1.54, 1.807) is 0 Å². The molecular formula is C17H16N2O2S. The number of sulfonamides is 1. The molecule has 0 saturated heterocycles. The number of nitrogens with zero attached hydrogens (tertiary/aromatic N) is 1. The Morgan fingerprint density at radius 2 is 1.68 bits per heavy atom. The fourth-order valence-electron chi connectivity index (χ4n) is 2.47. The Morgan fingerprint density at radius 1 is 1.05 bits per heavy atom. The lowest BCUT2D eigenvalue weighted by Gasteiger charge is -2.19. The molecule has 0 aliphatic heterocycles. The number of nitriles is 1. The van der Waals surface area contributed by atoms with Crippen molar-refractivity contribution < 1.29 is 8.42 Å². The molecule has 1 aliphatic carbocycles. The lowest BCUT2D eigenvalue weighted by atomic mass is 10.0. The molecule has 1 aliphatic rings. The van der Waals surface area contributed by atoms with Crippen LogP contribution < -0.4 is 4.72 Å². The van der Waals surface area contributed by atoms with E-state index >= 15 is 0 Å². The van der Waals surface area contributed by atoms with Gasteiger partial charge in [0.15, 0.2) is 0 Å². The summed E-state index contributed by atoms with van der Waals surface area (Å²) in [7, 11) is -3.60. The van der Waals surface area contributed by atoms with Gasteiger partial charge in [-0.05, 0) is 48.6 Å². The molecule has 3 rings (SSSR count). The van der Waals surface area contributed by atoms with Gasteiger partial charge in [-0.2, -0.15) is 5.26 Å². The van der Waals surface area contributed by atoms with Gasteiger partial charge in [0.1, 0.15) is 0 Å². The average molecular weight is 312 g/mol.